The van der Waals surface area contributed by atoms with Gasteiger partial charge in [0.15, 0.2) is 0 Å². The largest absolute Gasteiger partial charge is 0.342 e. The van der Waals surface area contributed by atoms with Gasteiger partial charge in [0.05, 0.1) is 12.2 Å². The van der Waals surface area contributed by atoms with Gasteiger partial charge < -0.3 is 9.84 Å². The van der Waals surface area contributed by atoms with E-state index in [1.807, 2.05) is 6.07 Å². The summed E-state index contributed by atoms with van der Waals surface area (Å²) in [7, 11) is 0. The summed E-state index contributed by atoms with van der Waals surface area (Å²) < 4.78 is 17.8. The normalized spacial score (nSPS) is 10.4. The van der Waals surface area contributed by atoms with E-state index in [0.29, 0.717) is 11.3 Å². The molecule has 0 saturated carbocycles. The molecule has 0 fully saturated rings. The molecule has 2 heterocycles. The molecule has 0 saturated heterocycles. The predicted octanol–water partition coefficient (Wildman–Crippen LogP) is 2.20. The van der Waals surface area contributed by atoms with Crippen molar-refractivity contribution in [3.05, 3.63) is 66.1 Å². The van der Waals surface area contributed by atoms with Crippen LogP contribution in [0.2, 0.25) is 0 Å². The smallest absolute Gasteiger partial charge is 0.316 e. The average Bonchev–Trinajstić information content (AvgIpc) is 3.04. The van der Waals surface area contributed by atoms with Crippen molar-refractivity contribution in [1.82, 2.24) is 20.4 Å². The Morgan fingerprint density at radius 3 is 2.73 bits per heavy atom. The van der Waals surface area contributed by atoms with Crippen LogP contribution < -0.4 is 5.32 Å². The average molecular weight is 298 g/mol. The molecule has 0 unspecified atom stereocenters. The number of nitrogens with one attached hydrogen (secondary N) is 1. The summed E-state index contributed by atoms with van der Waals surface area (Å²) in [6, 6.07) is 11.0. The van der Waals surface area contributed by atoms with Crippen LogP contribution in [0.5, 0.6) is 0 Å². The van der Waals surface area contributed by atoms with E-state index in [1.165, 1.54) is 24.3 Å². The molecule has 0 atom stereocenters. The van der Waals surface area contributed by atoms with Crippen LogP contribution in [0.15, 0.2) is 53.2 Å². The molecule has 22 heavy (non-hydrogen) atoms. The van der Waals surface area contributed by atoms with E-state index >= 15 is 0 Å². The van der Waals surface area contributed by atoms with E-state index in [9.17, 15) is 9.18 Å². The van der Waals surface area contributed by atoms with Crippen molar-refractivity contribution < 1.29 is 13.7 Å². The topological polar surface area (TPSA) is 80.9 Å². The van der Waals surface area contributed by atoms with E-state index in [-0.39, 0.29) is 24.1 Å². The quantitative estimate of drug-likeness (QED) is 0.798. The zero-order valence-corrected chi connectivity index (χ0v) is 11.4. The van der Waals surface area contributed by atoms with Crippen LogP contribution in [0.1, 0.15) is 16.4 Å². The van der Waals surface area contributed by atoms with Gasteiger partial charge in [-0.2, -0.15) is 4.98 Å². The summed E-state index contributed by atoms with van der Waals surface area (Å²) in [4.78, 5) is 20.0. The second-order valence-electron chi connectivity index (χ2n) is 4.43. The summed E-state index contributed by atoms with van der Waals surface area (Å²) in [5.41, 5.74) is 1.28. The molecule has 0 aliphatic rings. The Kier molecular flexibility index (Phi) is 3.86. The summed E-state index contributed by atoms with van der Waals surface area (Å²) in [6.07, 6.45) is 1.64. The molecule has 1 N–H and O–H groups in total. The van der Waals surface area contributed by atoms with Crippen molar-refractivity contribution in [1.29, 1.82) is 0 Å². The molecule has 0 aliphatic carbocycles. The first kappa shape index (κ1) is 13.9. The SMILES string of the molecule is O=C(NCc1ccccn1)c1nc(-c2ccc(F)cc2)no1. The molecule has 0 spiro atoms. The molecule has 1 aromatic carbocycles. The third-order valence-electron chi connectivity index (χ3n) is 2.88. The number of rotatable bonds is 4. The second kappa shape index (κ2) is 6.13. The molecule has 2 aromatic heterocycles. The van der Waals surface area contributed by atoms with Gasteiger partial charge in [-0.1, -0.05) is 11.2 Å². The molecule has 110 valence electrons. The first-order valence-corrected chi connectivity index (χ1v) is 6.50. The van der Waals surface area contributed by atoms with Crippen molar-refractivity contribution in [2.24, 2.45) is 0 Å². The van der Waals surface area contributed by atoms with Gasteiger partial charge in [0, 0.05) is 11.8 Å². The van der Waals surface area contributed by atoms with Crippen LogP contribution in [0, 0.1) is 5.82 Å². The highest BCUT2D eigenvalue weighted by Crippen LogP contribution is 2.16. The minimum absolute atomic E-state index is 0.157. The van der Waals surface area contributed by atoms with Crippen molar-refractivity contribution in [3.63, 3.8) is 0 Å². The second-order valence-corrected chi connectivity index (χ2v) is 4.43. The fourth-order valence-corrected chi connectivity index (χ4v) is 1.78. The highest BCUT2D eigenvalue weighted by atomic mass is 19.1. The van der Waals surface area contributed by atoms with Gasteiger partial charge in [0.1, 0.15) is 5.82 Å². The van der Waals surface area contributed by atoms with Crippen molar-refractivity contribution >= 4 is 5.91 Å². The van der Waals surface area contributed by atoms with Gasteiger partial charge in [0.25, 0.3) is 0 Å². The standard InChI is InChI=1S/C15H11FN4O2/c16-11-6-4-10(5-7-11)13-19-15(22-20-13)14(21)18-9-12-3-1-2-8-17-12/h1-8H,9H2,(H,18,21). The lowest BCUT2D eigenvalue weighted by atomic mass is 10.2. The molecule has 0 aliphatic heterocycles. The van der Waals surface area contributed by atoms with Crippen molar-refractivity contribution in [3.8, 4) is 11.4 Å². The van der Waals surface area contributed by atoms with Gasteiger partial charge in [0.2, 0.25) is 5.82 Å². The number of hydrogen-bond acceptors (Lipinski definition) is 5. The summed E-state index contributed by atoms with van der Waals surface area (Å²) >= 11 is 0. The maximum absolute atomic E-state index is 12.9. The van der Waals surface area contributed by atoms with Gasteiger partial charge in [-0.25, -0.2) is 4.39 Å². The molecular formula is C15H11FN4O2. The van der Waals surface area contributed by atoms with E-state index in [4.69, 9.17) is 4.52 Å². The molecule has 1 amide bonds. The minimum Gasteiger partial charge on any atom is -0.342 e. The van der Waals surface area contributed by atoms with Crippen LogP contribution in [0.4, 0.5) is 4.39 Å². The number of pyridine rings is 1. The fourth-order valence-electron chi connectivity index (χ4n) is 1.78. The van der Waals surface area contributed by atoms with Gasteiger partial charge in [-0.15, -0.1) is 0 Å². The van der Waals surface area contributed by atoms with Crippen LogP contribution in [0.25, 0.3) is 11.4 Å². The monoisotopic (exact) mass is 298 g/mol. The zero-order valence-electron chi connectivity index (χ0n) is 11.4. The number of hydrogen-bond donors (Lipinski definition) is 1. The molecule has 0 radical (unpaired) electrons. The minimum atomic E-state index is -0.494. The Balaban J connectivity index is 1.68. The maximum atomic E-state index is 12.9. The number of carbonyl (C=O) groups is 1. The van der Waals surface area contributed by atoms with Crippen LogP contribution in [-0.2, 0) is 6.54 Å². The zero-order chi connectivity index (χ0) is 15.4. The molecular weight excluding hydrogens is 287 g/mol. The Morgan fingerprint density at radius 1 is 1.18 bits per heavy atom. The first-order valence-electron chi connectivity index (χ1n) is 6.50. The van der Waals surface area contributed by atoms with Crippen LogP contribution in [0.3, 0.4) is 0 Å². The van der Waals surface area contributed by atoms with E-state index in [1.54, 1.807) is 18.3 Å². The number of nitrogens with zero attached hydrogens (tertiary/aromatic N) is 3. The summed E-state index contributed by atoms with van der Waals surface area (Å²) in [5, 5.41) is 6.34. The predicted molar refractivity (Wildman–Crippen MR) is 75.1 cm³/mol. The lowest BCUT2D eigenvalue weighted by Crippen LogP contribution is -2.23. The third-order valence-corrected chi connectivity index (χ3v) is 2.88. The Bertz CT molecular complexity index is 772. The Labute approximate surface area is 125 Å². The molecule has 3 aromatic rings. The molecule has 6 nitrogen and oxygen atoms in total. The Morgan fingerprint density at radius 2 is 2.00 bits per heavy atom. The number of amides is 1. The first-order chi connectivity index (χ1) is 10.7. The molecule has 3 rings (SSSR count). The highest BCUT2D eigenvalue weighted by molar-refractivity contribution is 5.89. The van der Waals surface area contributed by atoms with E-state index < -0.39 is 5.91 Å². The molecule has 0 bridgehead atoms. The molecule has 7 heteroatoms. The van der Waals surface area contributed by atoms with E-state index in [0.717, 1.165) is 0 Å². The van der Waals surface area contributed by atoms with Gasteiger partial charge in [-0.3, -0.25) is 9.78 Å². The lowest BCUT2D eigenvalue weighted by Gasteiger charge is -2.00. The lowest BCUT2D eigenvalue weighted by molar-refractivity contribution is 0.0906. The van der Waals surface area contributed by atoms with E-state index in [2.05, 4.69) is 20.4 Å². The highest BCUT2D eigenvalue weighted by Gasteiger charge is 2.15. The van der Waals surface area contributed by atoms with Gasteiger partial charge >= 0.3 is 11.8 Å². The summed E-state index contributed by atoms with van der Waals surface area (Å²) in [6.45, 7) is 0.258. The Hall–Kier alpha value is -3.09. The number of aromatic nitrogens is 3. The summed E-state index contributed by atoms with van der Waals surface area (Å²) in [5.74, 6) is -0.787. The number of carbonyl (C=O) groups excluding carboxylic acids is 1. The fraction of sp³-hybridized carbons (Fsp3) is 0.0667. The van der Waals surface area contributed by atoms with Crippen LogP contribution in [-0.4, -0.2) is 21.0 Å². The van der Waals surface area contributed by atoms with Crippen molar-refractivity contribution in [2.45, 2.75) is 6.54 Å². The van der Waals surface area contributed by atoms with Crippen LogP contribution >= 0.6 is 0 Å². The third kappa shape index (κ3) is 3.14. The van der Waals surface area contributed by atoms with Gasteiger partial charge in [-0.05, 0) is 36.4 Å². The number of halogens is 1. The van der Waals surface area contributed by atoms with Crippen molar-refractivity contribution in [2.75, 3.05) is 0 Å². The number of benzene rings is 1. The maximum Gasteiger partial charge on any atom is 0.316 e.